The Kier molecular flexibility index (Phi) is 4.46. The summed E-state index contributed by atoms with van der Waals surface area (Å²) < 4.78 is 13.2. The van der Waals surface area contributed by atoms with E-state index < -0.39 is 0 Å². The molecule has 4 rings (SSSR count). The Hall–Kier alpha value is -2.67. The predicted octanol–water partition coefficient (Wildman–Crippen LogP) is 2.87. The minimum absolute atomic E-state index is 0.0143. The standard InChI is InChI=1S/C19H23N5O2/c1-12-18(23-15-5-4-14(25-3)10-16(15)22-12)21-11-13-6-9-26-17(13)19-20-7-8-24(19)2/h4-5,7-8,10,13,17H,6,9,11H2,1-3H3,(H,21,23)/t13-,17+/m0/s1. The number of hydrogen-bond acceptors (Lipinski definition) is 6. The quantitative estimate of drug-likeness (QED) is 0.760. The van der Waals surface area contributed by atoms with Crippen LogP contribution in [0, 0.1) is 12.8 Å². The minimum atomic E-state index is 0.0143. The summed E-state index contributed by atoms with van der Waals surface area (Å²) >= 11 is 0. The van der Waals surface area contributed by atoms with E-state index in [1.54, 1.807) is 7.11 Å². The van der Waals surface area contributed by atoms with Gasteiger partial charge in [-0.1, -0.05) is 0 Å². The molecule has 3 aromatic rings. The minimum Gasteiger partial charge on any atom is -0.497 e. The molecule has 0 unspecified atom stereocenters. The molecule has 1 fully saturated rings. The Morgan fingerprint density at radius 2 is 2.19 bits per heavy atom. The van der Waals surface area contributed by atoms with E-state index in [2.05, 4.69) is 15.3 Å². The fraction of sp³-hybridized carbons (Fsp3) is 0.421. The second-order valence-electron chi connectivity index (χ2n) is 6.63. The van der Waals surface area contributed by atoms with Crippen LogP contribution >= 0.6 is 0 Å². The third-order valence-corrected chi connectivity index (χ3v) is 4.90. The first-order chi connectivity index (χ1) is 12.7. The van der Waals surface area contributed by atoms with Crippen molar-refractivity contribution in [2.24, 2.45) is 13.0 Å². The van der Waals surface area contributed by atoms with Crippen LogP contribution in [0.5, 0.6) is 5.75 Å². The van der Waals surface area contributed by atoms with Crippen molar-refractivity contribution < 1.29 is 9.47 Å². The molecule has 0 saturated carbocycles. The summed E-state index contributed by atoms with van der Waals surface area (Å²) in [6.45, 7) is 3.50. The molecule has 1 aromatic carbocycles. The zero-order valence-corrected chi connectivity index (χ0v) is 15.3. The van der Waals surface area contributed by atoms with Gasteiger partial charge in [-0.3, -0.25) is 0 Å². The highest BCUT2D eigenvalue weighted by atomic mass is 16.5. The molecule has 26 heavy (non-hydrogen) atoms. The topological polar surface area (TPSA) is 74.1 Å². The number of rotatable bonds is 5. The highest BCUT2D eigenvalue weighted by Gasteiger charge is 2.32. The van der Waals surface area contributed by atoms with Crippen LogP contribution in [0.4, 0.5) is 5.82 Å². The summed E-state index contributed by atoms with van der Waals surface area (Å²) in [5, 5.41) is 3.47. The third kappa shape index (κ3) is 3.10. The lowest BCUT2D eigenvalue weighted by Gasteiger charge is -2.19. The van der Waals surface area contributed by atoms with E-state index in [4.69, 9.17) is 14.5 Å². The molecule has 1 N–H and O–H groups in total. The Balaban J connectivity index is 1.52. The second-order valence-corrected chi connectivity index (χ2v) is 6.63. The monoisotopic (exact) mass is 353 g/mol. The number of fused-ring (bicyclic) bond motifs is 1. The molecule has 1 saturated heterocycles. The molecule has 0 spiro atoms. The van der Waals surface area contributed by atoms with E-state index in [1.807, 2.05) is 49.1 Å². The van der Waals surface area contributed by atoms with E-state index in [9.17, 15) is 0 Å². The molecule has 2 aromatic heterocycles. The highest BCUT2D eigenvalue weighted by molar-refractivity contribution is 5.78. The third-order valence-electron chi connectivity index (χ3n) is 4.90. The first-order valence-electron chi connectivity index (χ1n) is 8.81. The summed E-state index contributed by atoms with van der Waals surface area (Å²) in [5.41, 5.74) is 2.56. The number of benzene rings is 1. The van der Waals surface area contributed by atoms with Crippen LogP contribution in [0.2, 0.25) is 0 Å². The molecule has 1 aliphatic rings. The molecule has 0 aliphatic carbocycles. The van der Waals surface area contributed by atoms with Crippen molar-refractivity contribution >= 4 is 16.9 Å². The van der Waals surface area contributed by atoms with Gasteiger partial charge in [-0.05, 0) is 25.5 Å². The van der Waals surface area contributed by atoms with Crippen molar-refractivity contribution in [2.45, 2.75) is 19.4 Å². The number of imidazole rings is 1. The van der Waals surface area contributed by atoms with Gasteiger partial charge >= 0.3 is 0 Å². The summed E-state index contributed by atoms with van der Waals surface area (Å²) in [4.78, 5) is 13.8. The van der Waals surface area contributed by atoms with Crippen molar-refractivity contribution in [3.05, 3.63) is 42.1 Å². The van der Waals surface area contributed by atoms with Crippen LogP contribution in [0.25, 0.3) is 11.0 Å². The maximum absolute atomic E-state index is 5.93. The van der Waals surface area contributed by atoms with Crippen molar-refractivity contribution in [3.8, 4) is 5.75 Å². The van der Waals surface area contributed by atoms with Gasteiger partial charge in [0.25, 0.3) is 0 Å². The lowest BCUT2D eigenvalue weighted by atomic mass is 10.0. The zero-order valence-electron chi connectivity index (χ0n) is 15.3. The maximum Gasteiger partial charge on any atom is 0.148 e. The Bertz CT molecular complexity index is 923. The van der Waals surface area contributed by atoms with Crippen molar-refractivity contribution in [1.29, 1.82) is 0 Å². The fourth-order valence-corrected chi connectivity index (χ4v) is 3.42. The summed E-state index contributed by atoms with van der Waals surface area (Å²) in [5.74, 6) is 2.92. The van der Waals surface area contributed by atoms with Crippen LogP contribution in [0.3, 0.4) is 0 Å². The number of anilines is 1. The number of methoxy groups -OCH3 is 1. The smallest absolute Gasteiger partial charge is 0.148 e. The van der Waals surface area contributed by atoms with Gasteiger partial charge < -0.3 is 19.4 Å². The van der Waals surface area contributed by atoms with Crippen molar-refractivity contribution in [1.82, 2.24) is 19.5 Å². The lowest BCUT2D eigenvalue weighted by molar-refractivity contribution is 0.0839. The lowest BCUT2D eigenvalue weighted by Crippen LogP contribution is -2.21. The SMILES string of the molecule is COc1ccc2nc(NC[C@@H]3CCO[C@H]3c3nccn3C)c(C)nc2c1. The molecule has 2 atom stereocenters. The number of nitrogens with zero attached hydrogens (tertiary/aromatic N) is 4. The molecule has 0 radical (unpaired) electrons. The summed E-state index contributed by atoms with van der Waals surface area (Å²) in [7, 11) is 3.65. The Morgan fingerprint density at radius 1 is 1.31 bits per heavy atom. The second kappa shape index (κ2) is 6.92. The van der Waals surface area contributed by atoms with Gasteiger partial charge in [0, 0.05) is 44.6 Å². The van der Waals surface area contributed by atoms with E-state index in [0.29, 0.717) is 5.92 Å². The molecule has 0 bridgehead atoms. The van der Waals surface area contributed by atoms with Gasteiger partial charge in [-0.15, -0.1) is 0 Å². The molecule has 136 valence electrons. The van der Waals surface area contributed by atoms with Crippen molar-refractivity contribution in [3.63, 3.8) is 0 Å². The van der Waals surface area contributed by atoms with E-state index >= 15 is 0 Å². The van der Waals surface area contributed by atoms with Gasteiger partial charge in [0.1, 0.15) is 23.5 Å². The van der Waals surface area contributed by atoms with Crippen LogP contribution in [-0.2, 0) is 11.8 Å². The number of ether oxygens (including phenoxy) is 2. The molecule has 3 heterocycles. The Morgan fingerprint density at radius 3 is 2.96 bits per heavy atom. The fourth-order valence-electron chi connectivity index (χ4n) is 3.42. The average molecular weight is 353 g/mol. The number of aromatic nitrogens is 4. The molecule has 7 nitrogen and oxygen atoms in total. The van der Waals surface area contributed by atoms with Gasteiger partial charge in [0.05, 0.1) is 23.8 Å². The predicted molar refractivity (Wildman–Crippen MR) is 99.3 cm³/mol. The Labute approximate surface area is 152 Å². The number of nitrogens with one attached hydrogen (secondary N) is 1. The maximum atomic E-state index is 5.93. The van der Waals surface area contributed by atoms with Crippen molar-refractivity contribution in [2.75, 3.05) is 25.6 Å². The first-order valence-corrected chi connectivity index (χ1v) is 8.81. The van der Waals surface area contributed by atoms with Gasteiger partial charge in [0.15, 0.2) is 0 Å². The van der Waals surface area contributed by atoms with Gasteiger partial charge in [0.2, 0.25) is 0 Å². The first kappa shape index (κ1) is 16.8. The zero-order chi connectivity index (χ0) is 18.1. The van der Waals surface area contributed by atoms with E-state index in [-0.39, 0.29) is 6.10 Å². The molecule has 7 heteroatoms. The summed E-state index contributed by atoms with van der Waals surface area (Å²) in [6, 6.07) is 5.74. The van der Waals surface area contributed by atoms with Crippen LogP contribution in [0.15, 0.2) is 30.6 Å². The summed E-state index contributed by atoms with van der Waals surface area (Å²) in [6.07, 6.45) is 4.78. The molecule has 1 aliphatic heterocycles. The number of hydrogen-bond donors (Lipinski definition) is 1. The van der Waals surface area contributed by atoms with E-state index in [1.165, 1.54) is 0 Å². The molecule has 0 amide bonds. The normalized spacial score (nSPS) is 19.8. The largest absolute Gasteiger partial charge is 0.497 e. The molecular weight excluding hydrogens is 330 g/mol. The van der Waals surface area contributed by atoms with Gasteiger partial charge in [-0.25, -0.2) is 15.0 Å². The van der Waals surface area contributed by atoms with Crippen LogP contribution in [0.1, 0.15) is 24.0 Å². The number of aryl methyl sites for hydroxylation is 2. The van der Waals surface area contributed by atoms with Crippen LogP contribution in [-0.4, -0.2) is 39.8 Å². The van der Waals surface area contributed by atoms with Crippen LogP contribution < -0.4 is 10.1 Å². The highest BCUT2D eigenvalue weighted by Crippen LogP contribution is 2.33. The van der Waals surface area contributed by atoms with E-state index in [0.717, 1.165) is 53.7 Å². The molecular formula is C19H23N5O2. The average Bonchev–Trinajstić information content (AvgIpc) is 3.27. The van der Waals surface area contributed by atoms with Gasteiger partial charge in [-0.2, -0.15) is 0 Å².